The van der Waals surface area contributed by atoms with Crippen molar-refractivity contribution in [3.8, 4) is 5.75 Å². The van der Waals surface area contributed by atoms with Gasteiger partial charge in [-0.1, -0.05) is 25.1 Å². The average molecular weight is 474 g/mol. The third-order valence-electron chi connectivity index (χ3n) is 5.90. The van der Waals surface area contributed by atoms with Crippen molar-refractivity contribution in [1.82, 2.24) is 10.2 Å². The van der Waals surface area contributed by atoms with Crippen LogP contribution < -0.4 is 14.4 Å². The summed E-state index contributed by atoms with van der Waals surface area (Å²) >= 11 is 0. The number of piperidine rings is 1. The van der Waals surface area contributed by atoms with Crippen molar-refractivity contribution in [1.29, 1.82) is 0 Å². The molecule has 1 N–H and O–H groups in total. The highest BCUT2D eigenvalue weighted by atomic mass is 32.2. The van der Waals surface area contributed by atoms with Crippen molar-refractivity contribution < 1.29 is 17.9 Å². The van der Waals surface area contributed by atoms with Gasteiger partial charge in [-0.25, -0.2) is 8.42 Å². The van der Waals surface area contributed by atoms with Gasteiger partial charge in [-0.15, -0.1) is 0 Å². The maximum Gasteiger partial charge on any atom is 0.264 e. The van der Waals surface area contributed by atoms with E-state index in [4.69, 9.17) is 4.74 Å². The van der Waals surface area contributed by atoms with E-state index in [2.05, 4.69) is 17.1 Å². The molecule has 1 saturated heterocycles. The minimum Gasteiger partial charge on any atom is -0.494 e. The van der Waals surface area contributed by atoms with E-state index in [-0.39, 0.29) is 17.3 Å². The normalized spacial score (nSPS) is 15.2. The molecule has 1 aliphatic rings. The van der Waals surface area contributed by atoms with Crippen molar-refractivity contribution in [3.63, 3.8) is 0 Å². The van der Waals surface area contributed by atoms with Crippen LogP contribution in [0.15, 0.2) is 59.5 Å². The lowest BCUT2D eigenvalue weighted by Crippen LogP contribution is -2.41. The number of amides is 1. The van der Waals surface area contributed by atoms with Crippen molar-refractivity contribution in [2.24, 2.45) is 5.92 Å². The highest BCUT2D eigenvalue weighted by Gasteiger charge is 2.27. The molecule has 180 valence electrons. The molecule has 1 aliphatic heterocycles. The number of anilines is 1. The quantitative estimate of drug-likeness (QED) is 0.505. The van der Waals surface area contributed by atoms with Gasteiger partial charge in [0.25, 0.3) is 10.0 Å². The molecular formula is C25H35N3O4S. The van der Waals surface area contributed by atoms with Crippen LogP contribution in [0.3, 0.4) is 0 Å². The fourth-order valence-electron chi connectivity index (χ4n) is 3.91. The van der Waals surface area contributed by atoms with Gasteiger partial charge in [0, 0.05) is 6.54 Å². The van der Waals surface area contributed by atoms with Crippen LogP contribution in [0.5, 0.6) is 5.75 Å². The summed E-state index contributed by atoms with van der Waals surface area (Å²) < 4.78 is 33.4. The molecule has 0 bridgehead atoms. The first-order chi connectivity index (χ1) is 15.9. The molecule has 0 aromatic heterocycles. The van der Waals surface area contributed by atoms with Gasteiger partial charge in [0.15, 0.2) is 0 Å². The van der Waals surface area contributed by atoms with Gasteiger partial charge >= 0.3 is 0 Å². The number of sulfonamides is 1. The largest absolute Gasteiger partial charge is 0.494 e. The number of rotatable bonds is 11. The molecule has 3 rings (SSSR count). The Morgan fingerprint density at radius 2 is 1.76 bits per heavy atom. The summed E-state index contributed by atoms with van der Waals surface area (Å²) in [4.78, 5) is 15.2. The lowest BCUT2D eigenvalue weighted by molar-refractivity contribution is -0.119. The minimum absolute atomic E-state index is 0.113. The monoisotopic (exact) mass is 473 g/mol. The zero-order chi connectivity index (χ0) is 23.7. The predicted octanol–water partition coefficient (Wildman–Crippen LogP) is 3.52. The minimum atomic E-state index is -3.93. The molecular weight excluding hydrogens is 438 g/mol. The molecule has 1 amide bonds. The van der Waals surface area contributed by atoms with Crippen LogP contribution in [-0.4, -0.2) is 58.6 Å². The van der Waals surface area contributed by atoms with Crippen LogP contribution in [0.2, 0.25) is 0 Å². The van der Waals surface area contributed by atoms with Crippen LogP contribution in [0.1, 0.15) is 33.1 Å². The van der Waals surface area contributed by atoms with E-state index in [0.29, 0.717) is 24.6 Å². The summed E-state index contributed by atoms with van der Waals surface area (Å²) in [7, 11) is -3.93. The molecule has 1 heterocycles. The highest BCUT2D eigenvalue weighted by Crippen LogP contribution is 2.25. The van der Waals surface area contributed by atoms with Crippen molar-refractivity contribution in [2.75, 3.05) is 43.6 Å². The predicted molar refractivity (Wildman–Crippen MR) is 131 cm³/mol. The molecule has 0 atom stereocenters. The summed E-state index contributed by atoms with van der Waals surface area (Å²) in [5, 5.41) is 2.89. The number of benzene rings is 2. The Labute approximate surface area is 197 Å². The molecule has 0 aliphatic carbocycles. The molecule has 1 fully saturated rings. The number of para-hydroxylation sites is 1. The number of carbonyl (C=O) groups excluding carboxylic acids is 1. The zero-order valence-electron chi connectivity index (χ0n) is 19.6. The topological polar surface area (TPSA) is 79.0 Å². The number of hydrogen-bond donors (Lipinski definition) is 1. The molecule has 0 unspecified atom stereocenters. The number of ether oxygens (including phenoxy) is 1. The Morgan fingerprint density at radius 3 is 2.39 bits per heavy atom. The van der Waals surface area contributed by atoms with Gasteiger partial charge < -0.3 is 15.0 Å². The number of carbonyl (C=O) groups is 1. The molecule has 8 heteroatoms. The van der Waals surface area contributed by atoms with Gasteiger partial charge in [-0.05, 0) is 88.1 Å². The van der Waals surface area contributed by atoms with E-state index < -0.39 is 10.0 Å². The summed E-state index contributed by atoms with van der Waals surface area (Å²) in [6.07, 6.45) is 3.29. The Balaban J connectivity index is 1.62. The first kappa shape index (κ1) is 25.1. The van der Waals surface area contributed by atoms with E-state index in [1.165, 1.54) is 25.0 Å². The summed E-state index contributed by atoms with van der Waals surface area (Å²) in [6, 6.07) is 15.0. The van der Waals surface area contributed by atoms with E-state index in [1.54, 1.807) is 36.4 Å². The fourth-order valence-corrected chi connectivity index (χ4v) is 5.33. The Bertz CT molecular complexity index is 972. The van der Waals surface area contributed by atoms with Crippen molar-refractivity contribution in [2.45, 2.75) is 38.0 Å². The molecule has 7 nitrogen and oxygen atoms in total. The fraction of sp³-hybridized carbons (Fsp3) is 0.480. The summed E-state index contributed by atoms with van der Waals surface area (Å²) in [5.74, 6) is 1.08. The number of nitrogens with zero attached hydrogens (tertiary/aromatic N) is 2. The first-order valence-electron chi connectivity index (χ1n) is 11.7. The van der Waals surface area contributed by atoms with E-state index in [9.17, 15) is 13.2 Å². The van der Waals surface area contributed by atoms with Crippen LogP contribution in [0, 0.1) is 5.92 Å². The summed E-state index contributed by atoms with van der Waals surface area (Å²) in [6.45, 7) is 8.07. The van der Waals surface area contributed by atoms with Crippen LogP contribution >= 0.6 is 0 Å². The second-order valence-electron chi connectivity index (χ2n) is 8.48. The van der Waals surface area contributed by atoms with Gasteiger partial charge in [0.2, 0.25) is 5.91 Å². The Hall–Kier alpha value is -2.58. The Kier molecular flexibility index (Phi) is 9.14. The molecule has 2 aromatic carbocycles. The number of likely N-dealkylation sites (tertiary alicyclic amines) is 1. The maximum atomic E-state index is 13.4. The first-order valence-corrected chi connectivity index (χ1v) is 13.1. The van der Waals surface area contributed by atoms with E-state index >= 15 is 0 Å². The van der Waals surface area contributed by atoms with Crippen molar-refractivity contribution >= 4 is 21.6 Å². The SMILES string of the molecule is CCOc1ccc(S(=O)(=O)N(CC(=O)NCCCN2CCC(C)CC2)c2ccccc2)cc1. The molecule has 0 saturated carbocycles. The van der Waals surface area contributed by atoms with Crippen molar-refractivity contribution in [3.05, 3.63) is 54.6 Å². The third kappa shape index (κ3) is 7.20. The average Bonchev–Trinajstić information content (AvgIpc) is 2.82. The van der Waals surface area contributed by atoms with E-state index in [0.717, 1.165) is 36.3 Å². The second kappa shape index (κ2) is 12.0. The second-order valence-corrected chi connectivity index (χ2v) is 10.3. The summed E-state index contributed by atoms with van der Waals surface area (Å²) in [5.41, 5.74) is 0.448. The third-order valence-corrected chi connectivity index (χ3v) is 7.69. The molecule has 33 heavy (non-hydrogen) atoms. The van der Waals surface area contributed by atoms with Gasteiger partial charge in [0.05, 0.1) is 17.2 Å². The standard InChI is InChI=1S/C25H35N3O4S/c1-3-32-23-10-12-24(13-11-23)33(30,31)28(22-8-5-4-6-9-22)20-25(29)26-16-7-17-27-18-14-21(2)15-19-27/h4-6,8-13,21H,3,7,14-20H2,1-2H3,(H,26,29). The number of hydrogen-bond acceptors (Lipinski definition) is 5. The smallest absolute Gasteiger partial charge is 0.264 e. The number of nitrogens with one attached hydrogen (secondary N) is 1. The van der Waals surface area contributed by atoms with Gasteiger partial charge in [0.1, 0.15) is 12.3 Å². The maximum absolute atomic E-state index is 13.4. The zero-order valence-corrected chi connectivity index (χ0v) is 20.4. The van der Waals surface area contributed by atoms with Gasteiger partial charge in [-0.2, -0.15) is 0 Å². The Morgan fingerprint density at radius 1 is 1.09 bits per heavy atom. The van der Waals surface area contributed by atoms with E-state index in [1.807, 2.05) is 13.0 Å². The molecule has 0 spiro atoms. The highest BCUT2D eigenvalue weighted by molar-refractivity contribution is 7.92. The van der Waals surface area contributed by atoms with Crippen LogP contribution in [0.4, 0.5) is 5.69 Å². The molecule has 0 radical (unpaired) electrons. The van der Waals surface area contributed by atoms with Crippen LogP contribution in [-0.2, 0) is 14.8 Å². The lowest BCUT2D eigenvalue weighted by atomic mass is 9.99. The van der Waals surface area contributed by atoms with Gasteiger partial charge in [-0.3, -0.25) is 9.10 Å². The van der Waals surface area contributed by atoms with Crippen LogP contribution in [0.25, 0.3) is 0 Å². The lowest BCUT2D eigenvalue weighted by Gasteiger charge is -2.30. The molecule has 2 aromatic rings.